The molecule has 0 bridgehead atoms. The molecule has 142 valence electrons. The molecule has 0 radical (unpaired) electrons. The van der Waals surface area contributed by atoms with Crippen molar-refractivity contribution in [3.05, 3.63) is 65.7 Å². The number of hydrogen-bond donors (Lipinski definition) is 0. The van der Waals surface area contributed by atoms with Crippen LogP contribution in [0.5, 0.6) is 5.75 Å². The van der Waals surface area contributed by atoms with Gasteiger partial charge in [0.05, 0.1) is 0 Å². The van der Waals surface area contributed by atoms with Gasteiger partial charge in [0.15, 0.2) is 12.4 Å². The predicted octanol–water partition coefficient (Wildman–Crippen LogP) is 4.45. The Balaban J connectivity index is 1.47. The molecule has 0 aromatic heterocycles. The summed E-state index contributed by atoms with van der Waals surface area (Å²) in [4.78, 5) is 25.6. The van der Waals surface area contributed by atoms with E-state index in [9.17, 15) is 9.59 Å². The Kier molecular flexibility index (Phi) is 6.28. The molecule has 1 fully saturated rings. The molecule has 2 aromatic carbocycles. The van der Waals surface area contributed by atoms with Crippen molar-refractivity contribution in [3.63, 3.8) is 0 Å². The monoisotopic (exact) mass is 365 g/mol. The Morgan fingerprint density at radius 1 is 0.963 bits per heavy atom. The summed E-state index contributed by atoms with van der Waals surface area (Å²) in [6, 6.07) is 17.8. The topological polar surface area (TPSA) is 46.6 Å². The van der Waals surface area contributed by atoms with Gasteiger partial charge >= 0.3 is 0 Å². The van der Waals surface area contributed by atoms with Crippen LogP contribution in [-0.4, -0.2) is 36.3 Å². The van der Waals surface area contributed by atoms with E-state index in [1.54, 1.807) is 24.3 Å². The number of carbonyl (C=O) groups is 2. The van der Waals surface area contributed by atoms with Gasteiger partial charge in [0.2, 0.25) is 0 Å². The van der Waals surface area contributed by atoms with E-state index in [0.29, 0.717) is 17.2 Å². The first-order valence-corrected chi connectivity index (χ1v) is 9.59. The first-order valence-electron chi connectivity index (χ1n) is 9.59. The minimum atomic E-state index is -0.00574. The average Bonchev–Trinajstić information content (AvgIpc) is 2.72. The van der Waals surface area contributed by atoms with Crippen LogP contribution in [0.25, 0.3) is 0 Å². The van der Waals surface area contributed by atoms with E-state index in [1.807, 2.05) is 11.9 Å². The zero-order valence-corrected chi connectivity index (χ0v) is 16.1. The average molecular weight is 365 g/mol. The Morgan fingerprint density at radius 3 is 2.19 bits per heavy atom. The minimum Gasteiger partial charge on any atom is -0.484 e. The van der Waals surface area contributed by atoms with Gasteiger partial charge < -0.3 is 9.64 Å². The number of amides is 1. The number of rotatable bonds is 6. The number of benzene rings is 2. The Bertz CT molecular complexity index is 762. The first-order chi connectivity index (χ1) is 13.0. The molecule has 4 nitrogen and oxygen atoms in total. The highest BCUT2D eigenvalue weighted by atomic mass is 16.5. The van der Waals surface area contributed by atoms with E-state index in [0.717, 1.165) is 25.7 Å². The lowest BCUT2D eigenvalue weighted by atomic mass is 9.81. The largest absolute Gasteiger partial charge is 0.484 e. The van der Waals surface area contributed by atoms with E-state index >= 15 is 0 Å². The van der Waals surface area contributed by atoms with Gasteiger partial charge in [-0.3, -0.25) is 9.59 Å². The molecular formula is C23H27NO3. The smallest absolute Gasteiger partial charge is 0.260 e. The number of ether oxygens (including phenoxy) is 1. The van der Waals surface area contributed by atoms with Crippen LogP contribution < -0.4 is 4.74 Å². The Morgan fingerprint density at radius 2 is 1.59 bits per heavy atom. The maximum atomic E-state index is 12.5. The third-order valence-electron chi connectivity index (χ3n) is 5.53. The molecule has 4 heteroatoms. The molecule has 0 heterocycles. The predicted molar refractivity (Wildman–Crippen MR) is 106 cm³/mol. The van der Waals surface area contributed by atoms with Crippen LogP contribution >= 0.6 is 0 Å². The molecule has 2 aromatic rings. The zero-order chi connectivity index (χ0) is 19.2. The molecule has 3 rings (SSSR count). The molecule has 0 saturated heterocycles. The van der Waals surface area contributed by atoms with Gasteiger partial charge in [-0.1, -0.05) is 30.3 Å². The maximum absolute atomic E-state index is 12.5. The van der Waals surface area contributed by atoms with Crippen molar-refractivity contribution in [2.75, 3.05) is 13.7 Å². The van der Waals surface area contributed by atoms with Crippen molar-refractivity contribution in [2.45, 2.75) is 44.6 Å². The van der Waals surface area contributed by atoms with Crippen LogP contribution in [0.15, 0.2) is 54.6 Å². The van der Waals surface area contributed by atoms with Gasteiger partial charge in [0.1, 0.15) is 5.75 Å². The maximum Gasteiger partial charge on any atom is 0.260 e. The van der Waals surface area contributed by atoms with Crippen LogP contribution in [0.2, 0.25) is 0 Å². The summed E-state index contributed by atoms with van der Waals surface area (Å²) in [7, 11) is 1.87. The highest BCUT2D eigenvalue weighted by Crippen LogP contribution is 2.34. The second-order valence-electron chi connectivity index (χ2n) is 7.29. The summed E-state index contributed by atoms with van der Waals surface area (Å²) in [5.41, 5.74) is 2.04. The summed E-state index contributed by atoms with van der Waals surface area (Å²) in [5.74, 6) is 1.22. The molecule has 0 aliphatic heterocycles. The lowest BCUT2D eigenvalue weighted by Crippen LogP contribution is -2.41. The van der Waals surface area contributed by atoms with E-state index in [2.05, 4.69) is 30.3 Å². The number of Topliss-reactive ketones (excluding diaryl/α,β-unsaturated/α-hetero) is 1. The summed E-state index contributed by atoms with van der Waals surface area (Å²) in [6.07, 6.45) is 4.27. The zero-order valence-electron chi connectivity index (χ0n) is 16.1. The standard InChI is InChI=1S/C23H27NO3/c1-17(25)18-10-14-22(15-11-18)27-16-23(26)24(2)21-12-8-20(9-13-21)19-6-4-3-5-7-19/h3-7,10-11,14-15,20-21H,8-9,12-13,16H2,1-2H3. The van der Waals surface area contributed by atoms with Crippen LogP contribution in [0, 0.1) is 0 Å². The van der Waals surface area contributed by atoms with Crippen LogP contribution in [-0.2, 0) is 4.79 Å². The molecule has 1 aliphatic rings. The SMILES string of the molecule is CC(=O)c1ccc(OCC(=O)N(C)C2CCC(c3ccccc3)CC2)cc1. The fourth-order valence-electron chi connectivity index (χ4n) is 3.76. The molecule has 1 saturated carbocycles. The number of carbonyl (C=O) groups excluding carboxylic acids is 2. The van der Waals surface area contributed by atoms with E-state index in [-0.39, 0.29) is 24.3 Å². The van der Waals surface area contributed by atoms with Crippen molar-refractivity contribution in [3.8, 4) is 5.75 Å². The highest BCUT2D eigenvalue weighted by Gasteiger charge is 2.27. The molecule has 0 N–H and O–H groups in total. The molecular weight excluding hydrogens is 338 g/mol. The second kappa shape index (κ2) is 8.85. The molecule has 27 heavy (non-hydrogen) atoms. The van der Waals surface area contributed by atoms with Crippen LogP contribution in [0.1, 0.15) is 54.4 Å². The third kappa shape index (κ3) is 4.97. The molecule has 0 spiro atoms. The summed E-state index contributed by atoms with van der Waals surface area (Å²) < 4.78 is 5.60. The van der Waals surface area contributed by atoms with Crippen LogP contribution in [0.3, 0.4) is 0 Å². The second-order valence-corrected chi connectivity index (χ2v) is 7.29. The molecule has 1 amide bonds. The van der Waals surface area contributed by atoms with Crippen molar-refractivity contribution in [1.82, 2.24) is 4.90 Å². The molecule has 0 unspecified atom stereocenters. The fraction of sp³-hybridized carbons (Fsp3) is 0.391. The van der Waals surface area contributed by atoms with Crippen molar-refractivity contribution in [2.24, 2.45) is 0 Å². The van der Waals surface area contributed by atoms with Gasteiger partial charge in [-0.15, -0.1) is 0 Å². The summed E-state index contributed by atoms with van der Waals surface area (Å²) in [5, 5.41) is 0. The fourth-order valence-corrected chi connectivity index (χ4v) is 3.76. The quantitative estimate of drug-likeness (QED) is 0.711. The van der Waals surface area contributed by atoms with Gasteiger partial charge in [0, 0.05) is 18.7 Å². The van der Waals surface area contributed by atoms with Gasteiger partial charge in [0.25, 0.3) is 5.91 Å². The van der Waals surface area contributed by atoms with Crippen molar-refractivity contribution >= 4 is 11.7 Å². The van der Waals surface area contributed by atoms with E-state index < -0.39 is 0 Å². The Labute approximate surface area is 161 Å². The number of likely N-dealkylation sites (N-methyl/N-ethyl adjacent to an activating group) is 1. The van der Waals surface area contributed by atoms with Crippen LogP contribution in [0.4, 0.5) is 0 Å². The first kappa shape index (κ1) is 19.2. The van der Waals surface area contributed by atoms with E-state index in [1.165, 1.54) is 12.5 Å². The highest BCUT2D eigenvalue weighted by molar-refractivity contribution is 5.94. The van der Waals surface area contributed by atoms with E-state index in [4.69, 9.17) is 4.74 Å². The lowest BCUT2D eigenvalue weighted by Gasteiger charge is -2.34. The number of nitrogens with zero attached hydrogens (tertiary/aromatic N) is 1. The number of hydrogen-bond acceptors (Lipinski definition) is 3. The van der Waals surface area contributed by atoms with Gasteiger partial charge in [-0.25, -0.2) is 0 Å². The minimum absolute atomic E-state index is 0.00574. The summed E-state index contributed by atoms with van der Waals surface area (Å²) >= 11 is 0. The van der Waals surface area contributed by atoms with Crippen molar-refractivity contribution < 1.29 is 14.3 Å². The Hall–Kier alpha value is -2.62. The third-order valence-corrected chi connectivity index (χ3v) is 5.53. The van der Waals surface area contributed by atoms with Crippen molar-refractivity contribution in [1.29, 1.82) is 0 Å². The van der Waals surface area contributed by atoms with Gasteiger partial charge in [-0.05, 0) is 68.4 Å². The lowest BCUT2D eigenvalue weighted by molar-refractivity contribution is -0.134. The number of ketones is 1. The van der Waals surface area contributed by atoms with Gasteiger partial charge in [-0.2, -0.15) is 0 Å². The normalized spacial score (nSPS) is 19.3. The molecule has 1 aliphatic carbocycles. The summed E-state index contributed by atoms with van der Waals surface area (Å²) in [6.45, 7) is 1.55. The molecule has 0 atom stereocenters.